The number of ether oxygens (including phenoxy) is 1. The van der Waals surface area contributed by atoms with Crippen LogP contribution in [0.4, 0.5) is 5.69 Å². The fourth-order valence-corrected chi connectivity index (χ4v) is 2.10. The molecule has 2 aromatic carbocycles. The Balaban J connectivity index is 2.24. The van der Waals surface area contributed by atoms with Gasteiger partial charge in [0.1, 0.15) is 5.75 Å². The molecule has 0 spiro atoms. The van der Waals surface area contributed by atoms with E-state index in [-0.39, 0.29) is 17.5 Å². The third kappa shape index (κ3) is 2.79. The van der Waals surface area contributed by atoms with Crippen LogP contribution in [0.1, 0.15) is 18.5 Å². The first kappa shape index (κ1) is 14.1. The Labute approximate surface area is 118 Å². The second kappa shape index (κ2) is 5.74. The Bertz CT molecular complexity index is 581. The summed E-state index contributed by atoms with van der Waals surface area (Å²) < 4.78 is 5.04. The second-order valence-electron chi connectivity index (χ2n) is 4.73. The number of hydrogen-bond acceptors (Lipinski definition) is 4. The lowest BCUT2D eigenvalue weighted by Crippen LogP contribution is -2.21. The molecule has 20 heavy (non-hydrogen) atoms. The monoisotopic (exact) mass is 273 g/mol. The second-order valence-corrected chi connectivity index (χ2v) is 4.73. The predicted molar refractivity (Wildman–Crippen MR) is 79.6 cm³/mol. The van der Waals surface area contributed by atoms with Crippen LogP contribution in [0.25, 0.3) is 0 Å². The third-order valence-corrected chi connectivity index (χ3v) is 3.53. The van der Waals surface area contributed by atoms with Crippen LogP contribution in [0, 0.1) is 0 Å². The molecule has 0 bridgehead atoms. The molecule has 0 fully saturated rings. The highest BCUT2D eigenvalue weighted by atomic mass is 16.5. The molecule has 0 aliphatic heterocycles. The quantitative estimate of drug-likeness (QED) is 0.897. The van der Waals surface area contributed by atoms with Crippen LogP contribution < -0.4 is 9.64 Å². The van der Waals surface area contributed by atoms with Crippen molar-refractivity contribution in [1.29, 1.82) is 0 Å². The predicted octanol–water partition coefficient (Wildman–Crippen LogP) is 3.30. The Morgan fingerprint density at radius 1 is 1.05 bits per heavy atom. The molecule has 4 nitrogen and oxygen atoms in total. The molecule has 0 saturated heterocycles. The molecule has 0 saturated carbocycles. The standard InChI is InChI=1S/C16H19NO3/c1-11(12-4-7-14(18)8-5-12)17(2)13-6-9-16(20-3)15(19)10-13/h4-11,18-19H,1-3H3. The van der Waals surface area contributed by atoms with E-state index < -0.39 is 0 Å². The van der Waals surface area contributed by atoms with E-state index >= 15 is 0 Å². The highest BCUT2D eigenvalue weighted by molar-refractivity contribution is 5.56. The molecular formula is C16H19NO3. The molecule has 0 heterocycles. The molecule has 0 aliphatic rings. The van der Waals surface area contributed by atoms with Crippen molar-refractivity contribution in [2.45, 2.75) is 13.0 Å². The average Bonchev–Trinajstić information content (AvgIpc) is 2.46. The summed E-state index contributed by atoms with van der Waals surface area (Å²) in [7, 11) is 3.48. The molecule has 2 N–H and O–H groups in total. The lowest BCUT2D eigenvalue weighted by atomic mass is 10.1. The third-order valence-electron chi connectivity index (χ3n) is 3.53. The zero-order valence-corrected chi connectivity index (χ0v) is 11.9. The zero-order chi connectivity index (χ0) is 14.7. The van der Waals surface area contributed by atoms with Gasteiger partial charge < -0.3 is 19.8 Å². The Kier molecular flexibility index (Phi) is 4.03. The maximum Gasteiger partial charge on any atom is 0.160 e. The lowest BCUT2D eigenvalue weighted by molar-refractivity contribution is 0.373. The molecule has 0 radical (unpaired) electrons. The lowest BCUT2D eigenvalue weighted by Gasteiger charge is -2.27. The van der Waals surface area contributed by atoms with Crippen molar-refractivity contribution in [2.24, 2.45) is 0 Å². The van der Waals surface area contributed by atoms with Crippen molar-refractivity contribution < 1.29 is 14.9 Å². The van der Waals surface area contributed by atoms with Crippen molar-refractivity contribution in [3.63, 3.8) is 0 Å². The SMILES string of the molecule is COc1ccc(N(C)C(C)c2ccc(O)cc2)cc1O. The number of hydrogen-bond donors (Lipinski definition) is 2. The van der Waals surface area contributed by atoms with Gasteiger partial charge in [-0.1, -0.05) is 12.1 Å². The van der Waals surface area contributed by atoms with Gasteiger partial charge in [-0.3, -0.25) is 0 Å². The van der Waals surface area contributed by atoms with Crippen molar-refractivity contribution in [1.82, 2.24) is 0 Å². The summed E-state index contributed by atoms with van der Waals surface area (Å²) in [4.78, 5) is 2.05. The van der Waals surface area contributed by atoms with Gasteiger partial charge in [0.25, 0.3) is 0 Å². The summed E-state index contributed by atoms with van der Waals surface area (Å²) in [6.45, 7) is 2.06. The summed E-state index contributed by atoms with van der Waals surface area (Å²) in [6.07, 6.45) is 0. The van der Waals surface area contributed by atoms with E-state index in [4.69, 9.17) is 4.74 Å². The smallest absolute Gasteiger partial charge is 0.160 e. The highest BCUT2D eigenvalue weighted by Crippen LogP contribution is 2.33. The molecule has 0 aliphatic carbocycles. The van der Waals surface area contributed by atoms with Crippen LogP contribution in [0.5, 0.6) is 17.2 Å². The van der Waals surface area contributed by atoms with Gasteiger partial charge in [-0.05, 0) is 36.8 Å². The Hall–Kier alpha value is -2.36. The largest absolute Gasteiger partial charge is 0.508 e. The molecule has 0 amide bonds. The first-order valence-electron chi connectivity index (χ1n) is 6.41. The van der Waals surface area contributed by atoms with Crippen molar-refractivity contribution in [3.05, 3.63) is 48.0 Å². The summed E-state index contributed by atoms with van der Waals surface area (Å²) in [5.41, 5.74) is 1.98. The van der Waals surface area contributed by atoms with E-state index in [2.05, 4.69) is 6.92 Å². The van der Waals surface area contributed by atoms with Gasteiger partial charge in [0.15, 0.2) is 11.5 Å². The van der Waals surface area contributed by atoms with Crippen molar-refractivity contribution in [2.75, 3.05) is 19.1 Å². The molecule has 0 aromatic heterocycles. The number of nitrogens with zero attached hydrogens (tertiary/aromatic N) is 1. The van der Waals surface area contributed by atoms with Crippen LogP contribution in [0.15, 0.2) is 42.5 Å². The first-order valence-corrected chi connectivity index (χ1v) is 6.41. The van der Waals surface area contributed by atoms with E-state index in [0.29, 0.717) is 5.75 Å². The number of benzene rings is 2. The van der Waals surface area contributed by atoms with E-state index in [1.807, 2.05) is 30.1 Å². The van der Waals surface area contributed by atoms with Crippen molar-refractivity contribution in [3.8, 4) is 17.2 Å². The summed E-state index contributed by atoms with van der Waals surface area (Å²) in [6, 6.07) is 12.6. The minimum absolute atomic E-state index is 0.114. The first-order chi connectivity index (χ1) is 9.52. The summed E-state index contributed by atoms with van der Waals surface area (Å²) in [5.74, 6) is 0.833. The van der Waals surface area contributed by atoms with Gasteiger partial charge in [-0.25, -0.2) is 0 Å². The van der Waals surface area contributed by atoms with Crippen LogP contribution in [0.3, 0.4) is 0 Å². The van der Waals surface area contributed by atoms with Gasteiger partial charge in [0.05, 0.1) is 13.2 Å². The normalized spacial score (nSPS) is 11.9. The van der Waals surface area contributed by atoms with E-state index in [1.54, 1.807) is 24.3 Å². The zero-order valence-electron chi connectivity index (χ0n) is 11.9. The fraction of sp³-hybridized carbons (Fsp3) is 0.250. The molecule has 2 aromatic rings. The molecule has 1 atom stereocenters. The topological polar surface area (TPSA) is 52.9 Å². The molecule has 1 unspecified atom stereocenters. The van der Waals surface area contributed by atoms with Crippen molar-refractivity contribution >= 4 is 5.69 Å². The fourth-order valence-electron chi connectivity index (χ4n) is 2.10. The number of rotatable bonds is 4. The number of phenols is 2. The molecule has 106 valence electrons. The Morgan fingerprint density at radius 3 is 2.25 bits per heavy atom. The van der Waals surface area contributed by atoms with Gasteiger partial charge in [0, 0.05) is 18.8 Å². The van der Waals surface area contributed by atoms with Crippen LogP contribution in [-0.2, 0) is 0 Å². The van der Waals surface area contributed by atoms with E-state index in [1.165, 1.54) is 7.11 Å². The van der Waals surface area contributed by atoms with Crippen LogP contribution in [0.2, 0.25) is 0 Å². The molecule has 2 rings (SSSR count). The Morgan fingerprint density at radius 2 is 1.70 bits per heavy atom. The maximum absolute atomic E-state index is 9.84. The molecular weight excluding hydrogens is 254 g/mol. The van der Waals surface area contributed by atoms with E-state index in [9.17, 15) is 10.2 Å². The molecule has 4 heteroatoms. The summed E-state index contributed by atoms with van der Waals surface area (Å²) in [5, 5.41) is 19.2. The number of phenolic OH excluding ortho intramolecular Hbond substituents is 2. The number of anilines is 1. The minimum Gasteiger partial charge on any atom is -0.508 e. The average molecular weight is 273 g/mol. The number of methoxy groups -OCH3 is 1. The van der Waals surface area contributed by atoms with E-state index in [0.717, 1.165) is 11.3 Å². The van der Waals surface area contributed by atoms with Gasteiger partial charge in [0.2, 0.25) is 0 Å². The van der Waals surface area contributed by atoms with Gasteiger partial charge in [-0.2, -0.15) is 0 Å². The van der Waals surface area contributed by atoms with Crippen LogP contribution in [-0.4, -0.2) is 24.4 Å². The summed E-state index contributed by atoms with van der Waals surface area (Å²) >= 11 is 0. The maximum atomic E-state index is 9.84. The highest BCUT2D eigenvalue weighted by Gasteiger charge is 2.14. The van der Waals surface area contributed by atoms with Gasteiger partial charge in [-0.15, -0.1) is 0 Å². The number of aromatic hydroxyl groups is 2. The van der Waals surface area contributed by atoms with Crippen LogP contribution >= 0.6 is 0 Å². The van der Waals surface area contributed by atoms with Gasteiger partial charge >= 0.3 is 0 Å². The minimum atomic E-state index is 0.114.